The monoisotopic (exact) mass is 390 g/mol. The Bertz CT molecular complexity index is 352. The molecule has 3 nitrogen and oxygen atoms in total. The van der Waals surface area contributed by atoms with Gasteiger partial charge in [0.25, 0.3) is 0 Å². The second-order valence-corrected chi connectivity index (χ2v) is 21.1. The summed E-state index contributed by atoms with van der Waals surface area (Å²) in [5.41, 5.74) is 0. The van der Waals surface area contributed by atoms with Crippen LogP contribution in [0.15, 0.2) is 0 Å². The predicted octanol–water partition coefficient (Wildman–Crippen LogP) is 7.16. The summed E-state index contributed by atoms with van der Waals surface area (Å²) in [6.07, 6.45) is 0. The molecule has 0 N–H and O–H groups in total. The zero-order valence-corrected chi connectivity index (χ0v) is 21.6. The molecule has 0 unspecified atom stereocenters. The maximum atomic E-state index is 7.40. The highest BCUT2D eigenvalue weighted by Gasteiger charge is 2.67. The topological polar surface area (TPSA) is 27.7 Å². The molecular weight excluding hydrogens is 344 g/mol. The van der Waals surface area contributed by atoms with Crippen molar-refractivity contribution in [2.24, 2.45) is 0 Å². The molecule has 0 aromatic rings. The van der Waals surface area contributed by atoms with Crippen LogP contribution < -0.4 is 0 Å². The molecule has 152 valence electrons. The van der Waals surface area contributed by atoms with E-state index in [0.29, 0.717) is 13.2 Å². The molecule has 0 saturated carbocycles. The van der Waals surface area contributed by atoms with E-state index < -0.39 is 17.1 Å². The highest BCUT2D eigenvalue weighted by molar-refractivity contribution is 6.86. The summed E-state index contributed by atoms with van der Waals surface area (Å²) in [6.45, 7) is 32.8. The molecule has 0 bridgehead atoms. The van der Waals surface area contributed by atoms with Gasteiger partial charge in [0.05, 0.1) is 0 Å². The lowest BCUT2D eigenvalue weighted by atomic mass is 10.2. The lowest BCUT2D eigenvalue weighted by Gasteiger charge is -2.58. The first kappa shape index (κ1) is 25.3. The van der Waals surface area contributed by atoms with Gasteiger partial charge in [-0.2, -0.15) is 0 Å². The highest BCUT2D eigenvalue weighted by atomic mass is 28.5. The Morgan fingerprint density at radius 1 is 0.480 bits per heavy atom. The van der Waals surface area contributed by atoms with E-state index in [9.17, 15) is 0 Å². The van der Waals surface area contributed by atoms with Crippen molar-refractivity contribution in [3.63, 3.8) is 0 Å². The molecule has 0 rings (SSSR count). The van der Waals surface area contributed by atoms with E-state index in [1.165, 1.54) is 0 Å². The number of hydrogen-bond acceptors (Lipinski definition) is 3. The van der Waals surface area contributed by atoms with Crippen LogP contribution in [-0.2, 0) is 13.0 Å². The van der Waals surface area contributed by atoms with Crippen LogP contribution in [0.5, 0.6) is 0 Å². The fourth-order valence-corrected chi connectivity index (χ4v) is 18.4. The predicted molar refractivity (Wildman–Crippen MR) is 115 cm³/mol. The third kappa shape index (κ3) is 4.78. The zero-order chi connectivity index (χ0) is 20.5. The van der Waals surface area contributed by atoms with E-state index in [1.54, 1.807) is 0 Å². The first-order valence-electron chi connectivity index (χ1n) is 9.81. The average Bonchev–Trinajstić information content (AvgIpc) is 2.31. The molecular formula is C20H46O3Si2. The van der Waals surface area contributed by atoms with Crippen LogP contribution in [0.4, 0.5) is 0 Å². The van der Waals surface area contributed by atoms with Gasteiger partial charge < -0.3 is 13.0 Å². The fourth-order valence-electron chi connectivity index (χ4n) is 4.40. The van der Waals surface area contributed by atoms with Crippen molar-refractivity contribution in [3.8, 4) is 0 Å². The lowest BCUT2D eigenvalue weighted by molar-refractivity contribution is 0.130. The first-order valence-corrected chi connectivity index (χ1v) is 13.4. The summed E-state index contributed by atoms with van der Waals surface area (Å²) < 4.78 is 20.6. The molecule has 0 radical (unpaired) electrons. The SMILES string of the molecule is CCO[Si](O[Si](OCC)(C(C)(C)C)C(C)(C)C)(C(C)(C)C)C(C)(C)C. The summed E-state index contributed by atoms with van der Waals surface area (Å²) >= 11 is 0. The summed E-state index contributed by atoms with van der Waals surface area (Å²) in [5.74, 6) is 0. The van der Waals surface area contributed by atoms with Crippen LogP contribution in [0, 0.1) is 0 Å². The Kier molecular flexibility index (Phi) is 7.84. The smallest absolute Gasteiger partial charge is 0.340 e. The lowest BCUT2D eigenvalue weighted by Crippen LogP contribution is -2.69. The van der Waals surface area contributed by atoms with Gasteiger partial charge in [-0.25, -0.2) is 0 Å². The quantitative estimate of drug-likeness (QED) is 0.450. The van der Waals surface area contributed by atoms with Crippen molar-refractivity contribution in [2.45, 2.75) is 117 Å². The molecule has 0 aliphatic carbocycles. The molecule has 0 aromatic heterocycles. The van der Waals surface area contributed by atoms with E-state index in [0.717, 1.165) is 0 Å². The molecule has 0 spiro atoms. The standard InChI is InChI=1S/C20H46O3Si2/c1-15-21-24(17(3,4)5,18(6,7)8)23-25(22-16-2,19(9,10)11)20(12,13)14/h15-16H2,1-14H3. The van der Waals surface area contributed by atoms with Gasteiger partial charge in [-0.1, -0.05) is 83.1 Å². The fraction of sp³-hybridized carbons (Fsp3) is 1.00. The van der Waals surface area contributed by atoms with Crippen molar-refractivity contribution in [2.75, 3.05) is 13.2 Å². The normalized spacial score (nSPS) is 15.6. The maximum absolute atomic E-state index is 7.40. The van der Waals surface area contributed by atoms with Crippen molar-refractivity contribution in [1.29, 1.82) is 0 Å². The molecule has 0 aliphatic heterocycles. The van der Waals surface area contributed by atoms with Crippen LogP contribution in [0.2, 0.25) is 20.2 Å². The van der Waals surface area contributed by atoms with E-state index >= 15 is 0 Å². The minimum Gasteiger partial charge on any atom is -0.413 e. The van der Waals surface area contributed by atoms with Gasteiger partial charge in [-0.3, -0.25) is 0 Å². The Labute approximate surface area is 160 Å². The third-order valence-corrected chi connectivity index (χ3v) is 16.5. The second kappa shape index (κ2) is 7.74. The first-order chi connectivity index (χ1) is 10.8. The van der Waals surface area contributed by atoms with Crippen LogP contribution >= 0.6 is 0 Å². The van der Waals surface area contributed by atoms with Gasteiger partial charge in [0.2, 0.25) is 0 Å². The van der Waals surface area contributed by atoms with Gasteiger partial charge in [0, 0.05) is 33.4 Å². The minimum absolute atomic E-state index is 0.0624. The summed E-state index contributed by atoms with van der Waals surface area (Å²) in [5, 5.41) is -0.250. The van der Waals surface area contributed by atoms with Crippen molar-refractivity contribution in [1.82, 2.24) is 0 Å². The second-order valence-electron chi connectivity index (χ2n) is 11.2. The molecule has 0 aromatic carbocycles. The van der Waals surface area contributed by atoms with E-state index in [-0.39, 0.29) is 20.2 Å². The molecule has 25 heavy (non-hydrogen) atoms. The van der Waals surface area contributed by atoms with Gasteiger partial charge in [-0.15, -0.1) is 0 Å². The Hall–Kier alpha value is 0.314. The van der Waals surface area contributed by atoms with E-state index in [1.807, 2.05) is 0 Å². The third-order valence-electron chi connectivity index (χ3n) is 4.93. The Balaban J connectivity index is 6.74. The summed E-state index contributed by atoms with van der Waals surface area (Å²) in [7, 11) is -5.31. The van der Waals surface area contributed by atoms with Crippen LogP contribution in [0.25, 0.3) is 0 Å². The van der Waals surface area contributed by atoms with Crippen LogP contribution in [-0.4, -0.2) is 30.3 Å². The summed E-state index contributed by atoms with van der Waals surface area (Å²) in [4.78, 5) is 0. The van der Waals surface area contributed by atoms with E-state index in [4.69, 9.17) is 13.0 Å². The minimum atomic E-state index is -2.65. The zero-order valence-electron chi connectivity index (χ0n) is 19.6. The molecule has 0 atom stereocenters. The van der Waals surface area contributed by atoms with Crippen molar-refractivity contribution in [3.05, 3.63) is 0 Å². The van der Waals surface area contributed by atoms with Crippen LogP contribution in [0.3, 0.4) is 0 Å². The van der Waals surface area contributed by atoms with Gasteiger partial charge in [0.1, 0.15) is 0 Å². The molecule has 0 aliphatic rings. The van der Waals surface area contributed by atoms with Gasteiger partial charge in [0.15, 0.2) is 0 Å². The van der Waals surface area contributed by atoms with Crippen molar-refractivity contribution >= 4 is 17.1 Å². The number of hydrogen-bond donors (Lipinski definition) is 0. The molecule has 0 fully saturated rings. The number of rotatable bonds is 6. The van der Waals surface area contributed by atoms with E-state index in [2.05, 4.69) is 96.9 Å². The average molecular weight is 391 g/mol. The van der Waals surface area contributed by atoms with Crippen LogP contribution in [0.1, 0.15) is 96.9 Å². The molecule has 5 heteroatoms. The van der Waals surface area contributed by atoms with Gasteiger partial charge >= 0.3 is 17.1 Å². The summed E-state index contributed by atoms with van der Waals surface area (Å²) in [6, 6.07) is 0. The maximum Gasteiger partial charge on any atom is 0.340 e. The molecule has 0 heterocycles. The Morgan fingerprint density at radius 3 is 0.800 bits per heavy atom. The Morgan fingerprint density at radius 2 is 0.680 bits per heavy atom. The molecule has 0 amide bonds. The van der Waals surface area contributed by atoms with Gasteiger partial charge in [-0.05, 0) is 13.8 Å². The van der Waals surface area contributed by atoms with Crippen molar-refractivity contribution < 1.29 is 13.0 Å². The molecule has 0 saturated heterocycles. The largest absolute Gasteiger partial charge is 0.413 e. The highest BCUT2D eigenvalue weighted by Crippen LogP contribution is 2.60.